The average Bonchev–Trinajstić information content (AvgIpc) is 1.84. The van der Waals surface area contributed by atoms with Gasteiger partial charge in [0.25, 0.3) is 0 Å². The number of rotatable bonds is 2. The molecule has 0 saturated heterocycles. The van der Waals surface area contributed by atoms with Crippen LogP contribution in [0.15, 0.2) is 12.6 Å². The van der Waals surface area contributed by atoms with Gasteiger partial charge in [0.1, 0.15) is 0 Å². The van der Waals surface area contributed by atoms with E-state index >= 15 is 0 Å². The van der Waals surface area contributed by atoms with Gasteiger partial charge in [0.2, 0.25) is 0 Å². The van der Waals surface area contributed by atoms with Gasteiger partial charge in [-0.1, -0.05) is 6.53 Å². The maximum atomic E-state index is 10.7. The molecule has 0 aliphatic carbocycles. The molecule has 8 heavy (non-hydrogen) atoms. The standard InChI is InChI=1S/C6H10O2/c1-4-6(7)8-5(2)3/h4-5H,1H2,2-3H3/i1D2,4D. The summed E-state index contributed by atoms with van der Waals surface area (Å²) in [5.41, 5.74) is 0. The van der Waals surface area contributed by atoms with Crippen LogP contribution in [-0.4, -0.2) is 12.1 Å². The van der Waals surface area contributed by atoms with Crippen molar-refractivity contribution < 1.29 is 13.6 Å². The van der Waals surface area contributed by atoms with Crippen molar-refractivity contribution in [1.29, 1.82) is 0 Å². The second kappa shape index (κ2) is 3.24. The zero-order valence-electron chi connectivity index (χ0n) is 7.89. The van der Waals surface area contributed by atoms with Crippen molar-refractivity contribution in [3.63, 3.8) is 0 Å². The first-order chi connectivity index (χ1) is 4.95. The van der Waals surface area contributed by atoms with E-state index in [2.05, 4.69) is 4.74 Å². The van der Waals surface area contributed by atoms with Gasteiger partial charge in [0.05, 0.1) is 10.2 Å². The molecule has 0 aliphatic heterocycles. The second-order valence-corrected chi connectivity index (χ2v) is 1.58. The first-order valence-electron chi connectivity index (χ1n) is 3.80. The van der Waals surface area contributed by atoms with Crippen LogP contribution in [-0.2, 0) is 9.53 Å². The molecule has 0 aromatic rings. The minimum absolute atomic E-state index is 0.317. The number of ether oxygens (including phenoxy) is 1. The summed E-state index contributed by atoms with van der Waals surface area (Å²) in [6, 6.07) is -0.710. The van der Waals surface area contributed by atoms with Gasteiger partial charge in [-0.2, -0.15) is 0 Å². The maximum absolute atomic E-state index is 10.7. The van der Waals surface area contributed by atoms with Crippen LogP contribution in [0.5, 0.6) is 0 Å². The van der Waals surface area contributed by atoms with Crippen LogP contribution in [0, 0.1) is 0 Å². The molecule has 2 heteroatoms. The molecule has 0 spiro atoms. The van der Waals surface area contributed by atoms with E-state index in [0.29, 0.717) is 0 Å². The molecular weight excluding hydrogens is 104 g/mol. The van der Waals surface area contributed by atoms with Crippen LogP contribution in [0.2, 0.25) is 0 Å². The van der Waals surface area contributed by atoms with Gasteiger partial charge < -0.3 is 4.74 Å². The number of esters is 1. The van der Waals surface area contributed by atoms with E-state index in [9.17, 15) is 4.79 Å². The summed E-state index contributed by atoms with van der Waals surface area (Å²) in [5.74, 6) is -0.917. The molecule has 0 amide bonds. The highest BCUT2D eigenvalue weighted by Crippen LogP contribution is 1.87. The van der Waals surface area contributed by atoms with Gasteiger partial charge in [-0.15, -0.1) is 0 Å². The third-order valence-corrected chi connectivity index (χ3v) is 0.445. The van der Waals surface area contributed by atoms with Crippen LogP contribution in [0.3, 0.4) is 0 Å². The highest BCUT2D eigenvalue weighted by molar-refractivity contribution is 5.81. The SMILES string of the molecule is [2H]C([2H])=C([2H])C(=O)OC(C)C. The lowest BCUT2D eigenvalue weighted by atomic mass is 10.5. The monoisotopic (exact) mass is 117 g/mol. The van der Waals surface area contributed by atoms with Crippen molar-refractivity contribution in [1.82, 2.24) is 0 Å². The molecule has 0 rings (SSSR count). The van der Waals surface area contributed by atoms with Crippen molar-refractivity contribution in [3.8, 4) is 0 Å². The van der Waals surface area contributed by atoms with Crippen molar-refractivity contribution in [2.24, 2.45) is 0 Å². The molecule has 0 aliphatic rings. The molecule has 2 nitrogen and oxygen atoms in total. The number of carbonyl (C=O) groups excluding carboxylic acids is 1. The Morgan fingerprint density at radius 2 is 2.75 bits per heavy atom. The van der Waals surface area contributed by atoms with Gasteiger partial charge in [-0.25, -0.2) is 4.79 Å². The highest BCUT2D eigenvalue weighted by atomic mass is 16.5. The van der Waals surface area contributed by atoms with E-state index < -0.39 is 18.6 Å². The quantitative estimate of drug-likeness (QED) is 0.400. The normalized spacial score (nSPS) is 13.6. The molecule has 0 atom stereocenters. The largest absolute Gasteiger partial charge is 0.460 e. The van der Waals surface area contributed by atoms with E-state index in [1.807, 2.05) is 0 Å². The summed E-state index contributed by atoms with van der Waals surface area (Å²) in [7, 11) is 0. The predicted octanol–water partition coefficient (Wildman–Crippen LogP) is 1.12. The van der Waals surface area contributed by atoms with Crippen molar-refractivity contribution in [2.75, 3.05) is 0 Å². The van der Waals surface area contributed by atoms with Crippen LogP contribution in [0.1, 0.15) is 18.0 Å². The highest BCUT2D eigenvalue weighted by Gasteiger charge is 1.96. The van der Waals surface area contributed by atoms with Crippen LogP contribution < -0.4 is 0 Å². The minimum Gasteiger partial charge on any atom is -0.460 e. The van der Waals surface area contributed by atoms with E-state index in [0.717, 1.165) is 0 Å². The zero-order chi connectivity index (χ0) is 9.02. The summed E-state index contributed by atoms with van der Waals surface area (Å²) in [4.78, 5) is 10.7. The molecule has 0 saturated carbocycles. The van der Waals surface area contributed by atoms with Crippen molar-refractivity contribution in [2.45, 2.75) is 20.0 Å². The van der Waals surface area contributed by atoms with Gasteiger partial charge in [-0.3, -0.25) is 0 Å². The Labute approximate surface area is 53.4 Å². The summed E-state index contributed by atoms with van der Waals surface area (Å²) in [6.45, 7) is 2.45. The molecule has 0 fully saturated rings. The third-order valence-electron chi connectivity index (χ3n) is 0.445. The lowest BCUT2D eigenvalue weighted by molar-refractivity contribution is -0.141. The summed E-state index contributed by atoms with van der Waals surface area (Å²) in [5, 5.41) is 0. The van der Waals surface area contributed by atoms with Gasteiger partial charge in [0, 0.05) is 6.05 Å². The summed E-state index contributed by atoms with van der Waals surface area (Å²) in [6.07, 6.45) is -0.317. The fraction of sp³-hybridized carbons (Fsp3) is 0.500. The Balaban J connectivity index is 4.17. The van der Waals surface area contributed by atoms with E-state index in [4.69, 9.17) is 4.11 Å². The summed E-state index contributed by atoms with van der Waals surface area (Å²) < 4.78 is 24.6. The average molecular weight is 117 g/mol. The van der Waals surface area contributed by atoms with Crippen LogP contribution in [0.4, 0.5) is 0 Å². The van der Waals surface area contributed by atoms with Crippen molar-refractivity contribution >= 4 is 5.97 Å². The molecular formula is C6H10O2. The molecule has 0 unspecified atom stereocenters. The first-order valence-corrected chi connectivity index (χ1v) is 2.30. The van der Waals surface area contributed by atoms with Gasteiger partial charge in [-0.05, 0) is 13.8 Å². The fourth-order valence-corrected chi connectivity index (χ4v) is 0.244. The number of hydrogen-bond donors (Lipinski definition) is 0. The first kappa shape index (κ1) is 3.28. The van der Waals surface area contributed by atoms with Crippen molar-refractivity contribution in [3.05, 3.63) is 12.6 Å². The smallest absolute Gasteiger partial charge is 0.330 e. The predicted molar refractivity (Wildman–Crippen MR) is 31.4 cm³/mol. The second-order valence-electron chi connectivity index (χ2n) is 1.58. The number of carbonyl (C=O) groups is 1. The molecule has 46 valence electrons. The lowest BCUT2D eigenvalue weighted by Crippen LogP contribution is -2.07. The lowest BCUT2D eigenvalue weighted by Gasteiger charge is -2.02. The Hall–Kier alpha value is -0.790. The van der Waals surface area contributed by atoms with Crippen LogP contribution in [0.25, 0.3) is 0 Å². The van der Waals surface area contributed by atoms with Gasteiger partial charge in [0.15, 0.2) is 0 Å². The van der Waals surface area contributed by atoms with E-state index in [1.165, 1.54) is 0 Å². The Bertz CT molecular complexity index is 182. The summed E-state index contributed by atoms with van der Waals surface area (Å²) >= 11 is 0. The minimum atomic E-state index is -0.917. The van der Waals surface area contributed by atoms with E-state index in [1.54, 1.807) is 13.8 Å². The number of hydrogen-bond acceptors (Lipinski definition) is 2. The Morgan fingerprint density at radius 1 is 2.12 bits per heavy atom. The Kier molecular flexibility index (Phi) is 1.33. The van der Waals surface area contributed by atoms with E-state index in [-0.39, 0.29) is 6.10 Å². The topological polar surface area (TPSA) is 26.3 Å². The molecule has 0 N–H and O–H groups in total. The third kappa shape index (κ3) is 3.40. The molecule has 0 radical (unpaired) electrons. The maximum Gasteiger partial charge on any atom is 0.330 e. The van der Waals surface area contributed by atoms with Gasteiger partial charge >= 0.3 is 5.97 Å². The van der Waals surface area contributed by atoms with Crippen LogP contribution >= 0.6 is 0 Å². The molecule has 0 heterocycles. The molecule has 0 aromatic carbocycles. The molecule has 0 aromatic heterocycles. The zero-order valence-corrected chi connectivity index (χ0v) is 4.89. The molecule has 0 bridgehead atoms. The fourth-order valence-electron chi connectivity index (χ4n) is 0.244. The Morgan fingerprint density at radius 3 is 3.12 bits per heavy atom.